The molecule has 0 aromatic heterocycles. The normalized spacial score (nSPS) is 21.1. The molecule has 3 rings (SSSR count). The van der Waals surface area contributed by atoms with Crippen LogP contribution in [-0.2, 0) is 11.3 Å². The predicted molar refractivity (Wildman–Crippen MR) is 85.0 cm³/mol. The number of rotatable bonds is 4. The molecule has 2 aromatic rings. The van der Waals surface area contributed by atoms with Gasteiger partial charge in [0.15, 0.2) is 0 Å². The van der Waals surface area contributed by atoms with Crippen LogP contribution in [0.2, 0.25) is 0 Å². The molecule has 1 fully saturated rings. The summed E-state index contributed by atoms with van der Waals surface area (Å²) in [4.78, 5) is 2.34. The summed E-state index contributed by atoms with van der Waals surface area (Å²) in [5, 5.41) is 10.5. The molecule has 1 aliphatic heterocycles. The van der Waals surface area contributed by atoms with E-state index in [4.69, 9.17) is 4.74 Å². The second-order valence-corrected chi connectivity index (χ2v) is 5.49. The Kier molecular flexibility index (Phi) is 4.65. The highest BCUT2D eigenvalue weighted by Crippen LogP contribution is 2.22. The zero-order valence-corrected chi connectivity index (χ0v) is 12.1. The Bertz CT molecular complexity index is 550. The van der Waals surface area contributed by atoms with Crippen LogP contribution < -0.4 is 0 Å². The van der Waals surface area contributed by atoms with Gasteiger partial charge in [-0.15, -0.1) is 0 Å². The number of hydrogen-bond acceptors (Lipinski definition) is 3. The molecule has 2 aromatic carbocycles. The Labute approximate surface area is 127 Å². The van der Waals surface area contributed by atoms with Crippen molar-refractivity contribution in [3.63, 3.8) is 0 Å². The van der Waals surface area contributed by atoms with Crippen molar-refractivity contribution in [1.29, 1.82) is 0 Å². The van der Waals surface area contributed by atoms with Gasteiger partial charge in [0.1, 0.15) is 12.2 Å². The Morgan fingerprint density at radius 3 is 2.48 bits per heavy atom. The predicted octanol–water partition coefficient (Wildman–Crippen LogP) is 2.87. The van der Waals surface area contributed by atoms with Crippen LogP contribution in [0, 0.1) is 0 Å². The van der Waals surface area contributed by atoms with Gasteiger partial charge in [-0.05, 0) is 11.1 Å². The summed E-state index contributed by atoms with van der Waals surface area (Å²) in [6.07, 6.45) is -0.727. The maximum absolute atomic E-state index is 10.5. The number of aliphatic hydroxyl groups is 1. The van der Waals surface area contributed by atoms with Gasteiger partial charge in [0, 0.05) is 21.1 Å². The summed E-state index contributed by atoms with van der Waals surface area (Å²) in [5.74, 6) is 0. The van der Waals surface area contributed by atoms with Gasteiger partial charge in [0.2, 0.25) is 0 Å². The van der Waals surface area contributed by atoms with Crippen LogP contribution in [0.25, 0.3) is 0 Å². The van der Waals surface area contributed by atoms with E-state index in [0.717, 1.165) is 25.2 Å². The van der Waals surface area contributed by atoms with Gasteiger partial charge in [-0.25, -0.2) is 0 Å². The molecule has 1 saturated heterocycles. The largest absolute Gasteiger partial charge is 0.386 e. The molecule has 0 amide bonds. The summed E-state index contributed by atoms with van der Waals surface area (Å²) in [6, 6.07) is 20.2. The molecule has 2 atom stereocenters. The molecule has 0 bridgehead atoms. The van der Waals surface area contributed by atoms with Crippen LogP contribution in [-0.4, -0.2) is 35.8 Å². The fraction of sp³-hybridized carbons (Fsp3) is 0.333. The maximum atomic E-state index is 10.5. The van der Waals surface area contributed by atoms with E-state index >= 15 is 0 Å². The van der Waals surface area contributed by atoms with Gasteiger partial charge in [-0.2, -0.15) is 0 Å². The number of aliphatic hydroxyl groups excluding tert-OH is 1. The smallest absolute Gasteiger partial charge is 0.106 e. The molecule has 3 nitrogen and oxygen atoms in total. The van der Waals surface area contributed by atoms with E-state index < -0.39 is 6.10 Å². The highest BCUT2D eigenvalue weighted by atomic mass is 16.5. The zero-order chi connectivity index (χ0) is 14.5. The lowest BCUT2D eigenvalue weighted by Crippen LogP contribution is -2.44. The van der Waals surface area contributed by atoms with Crippen molar-refractivity contribution in [3.8, 4) is 0 Å². The van der Waals surface area contributed by atoms with Gasteiger partial charge < -0.3 is 9.84 Å². The van der Waals surface area contributed by atoms with Gasteiger partial charge in [0.25, 0.3) is 0 Å². The number of hydrogen-bond donors (Lipinski definition) is 1. The van der Waals surface area contributed by atoms with Gasteiger partial charge in [-0.3, -0.25) is 4.90 Å². The summed E-state index contributed by atoms with van der Waals surface area (Å²) in [5.41, 5.74) is 2.22. The fourth-order valence-electron chi connectivity index (χ4n) is 2.77. The minimum atomic E-state index is -0.565. The summed E-state index contributed by atoms with van der Waals surface area (Å²) in [6.45, 7) is 3.24. The van der Waals surface area contributed by atoms with Crippen molar-refractivity contribution < 1.29 is 11.3 Å². The Morgan fingerprint density at radius 2 is 1.76 bits per heavy atom. The van der Waals surface area contributed by atoms with Gasteiger partial charge in [0.05, 0.1) is 6.61 Å². The van der Waals surface area contributed by atoms with Crippen molar-refractivity contribution in [2.75, 3.05) is 19.7 Å². The third-order valence-electron chi connectivity index (χ3n) is 3.92. The van der Waals surface area contributed by atoms with Crippen LogP contribution in [0.1, 0.15) is 18.7 Å². The second kappa shape index (κ2) is 6.85. The fourth-order valence-corrected chi connectivity index (χ4v) is 2.77. The molecular weight excluding hydrogens is 262 g/mol. The zero-order valence-electron chi connectivity index (χ0n) is 12.1. The van der Waals surface area contributed by atoms with E-state index in [1.807, 2.05) is 36.4 Å². The minimum Gasteiger partial charge on any atom is -0.386 e. The van der Waals surface area contributed by atoms with Crippen LogP contribution in [0.4, 0.5) is 0 Å². The molecule has 1 heterocycles. The molecule has 1 N–H and O–H groups in total. The first-order valence-corrected chi connectivity index (χ1v) is 7.44. The Hall–Kier alpha value is -1.68. The second-order valence-electron chi connectivity index (χ2n) is 5.49. The van der Waals surface area contributed by atoms with Gasteiger partial charge in [-0.1, -0.05) is 60.7 Å². The summed E-state index contributed by atoms with van der Waals surface area (Å²) in [7, 11) is 0. The molecule has 0 spiro atoms. The molecule has 0 aliphatic carbocycles. The van der Waals surface area contributed by atoms with E-state index in [0.29, 0.717) is 6.61 Å². The third-order valence-corrected chi connectivity index (χ3v) is 3.92. The average molecular weight is 285 g/mol. The molecule has 112 valence electrons. The van der Waals surface area contributed by atoms with Crippen LogP contribution in [0.5, 0.6) is 0 Å². The standard InChI is InChI=1S/C18H21NO2.H2/c20-18(16-9-5-2-6-10-16)17-14-19(11-12-21-17)13-15-7-3-1-4-8-15;/h1-10,17-18,20H,11-14H2;1H/t17?,18-;/m0./s1. The van der Waals surface area contributed by atoms with E-state index in [1.54, 1.807) is 0 Å². The SMILES string of the molecule is O[C@@H](c1ccccc1)C1CN(Cc2ccccc2)CCO1.[HH]. The molecule has 1 aliphatic rings. The van der Waals surface area contributed by atoms with Crippen LogP contribution in [0.15, 0.2) is 60.7 Å². The van der Waals surface area contributed by atoms with Crippen molar-refractivity contribution in [2.45, 2.75) is 18.8 Å². The first-order valence-electron chi connectivity index (χ1n) is 7.44. The summed E-state index contributed by atoms with van der Waals surface area (Å²) < 4.78 is 5.77. The van der Waals surface area contributed by atoms with Crippen molar-refractivity contribution in [1.82, 2.24) is 4.90 Å². The van der Waals surface area contributed by atoms with Crippen LogP contribution in [0.3, 0.4) is 0 Å². The van der Waals surface area contributed by atoms with Crippen molar-refractivity contribution in [2.24, 2.45) is 0 Å². The third kappa shape index (κ3) is 3.70. The lowest BCUT2D eigenvalue weighted by Gasteiger charge is -2.35. The molecule has 1 unspecified atom stereocenters. The van der Waals surface area contributed by atoms with E-state index in [9.17, 15) is 5.11 Å². The number of morpholine rings is 1. The Balaban J connectivity index is 0.00000176. The molecule has 21 heavy (non-hydrogen) atoms. The van der Waals surface area contributed by atoms with Gasteiger partial charge >= 0.3 is 0 Å². The molecular formula is C18H23NO2. The maximum Gasteiger partial charge on any atom is 0.106 e. The topological polar surface area (TPSA) is 32.7 Å². The first-order chi connectivity index (χ1) is 10.3. The van der Waals surface area contributed by atoms with Crippen molar-refractivity contribution >= 4 is 0 Å². The van der Waals surface area contributed by atoms with Crippen LogP contribution >= 0.6 is 0 Å². The number of benzene rings is 2. The monoisotopic (exact) mass is 285 g/mol. The quantitative estimate of drug-likeness (QED) is 0.937. The highest BCUT2D eigenvalue weighted by Gasteiger charge is 2.27. The first kappa shape index (κ1) is 14.3. The molecule has 0 radical (unpaired) electrons. The lowest BCUT2D eigenvalue weighted by molar-refractivity contribution is -0.0918. The highest BCUT2D eigenvalue weighted by molar-refractivity contribution is 5.19. The Morgan fingerprint density at radius 1 is 1.10 bits per heavy atom. The summed E-state index contributed by atoms with van der Waals surface area (Å²) >= 11 is 0. The average Bonchev–Trinajstić information content (AvgIpc) is 2.56. The number of ether oxygens (including phenoxy) is 1. The lowest BCUT2D eigenvalue weighted by atomic mass is 10.0. The van der Waals surface area contributed by atoms with Crippen molar-refractivity contribution in [3.05, 3.63) is 71.8 Å². The van der Waals surface area contributed by atoms with E-state index in [-0.39, 0.29) is 7.53 Å². The van der Waals surface area contributed by atoms with E-state index in [2.05, 4.69) is 29.2 Å². The van der Waals surface area contributed by atoms with E-state index in [1.165, 1.54) is 5.56 Å². The number of nitrogens with zero attached hydrogens (tertiary/aromatic N) is 1. The minimum absolute atomic E-state index is 0. The molecule has 0 saturated carbocycles. The molecule has 3 heteroatoms.